The number of hydrogen-bond acceptors (Lipinski definition) is 7. The summed E-state index contributed by atoms with van der Waals surface area (Å²) in [5.74, 6) is 1.72. The number of nitrogens with zero attached hydrogens (tertiary/aromatic N) is 4. The Morgan fingerprint density at radius 2 is 2.07 bits per heavy atom. The van der Waals surface area contributed by atoms with Crippen molar-refractivity contribution in [1.29, 1.82) is 0 Å². The van der Waals surface area contributed by atoms with Gasteiger partial charge in [0.1, 0.15) is 5.75 Å². The number of thioether (sulfide) groups is 1. The van der Waals surface area contributed by atoms with E-state index in [4.69, 9.17) is 4.74 Å². The van der Waals surface area contributed by atoms with Crippen molar-refractivity contribution in [3.8, 4) is 17.1 Å². The molecule has 0 bridgehead atoms. The molecule has 1 amide bonds. The molecule has 158 valence electrons. The molecule has 10 heteroatoms. The molecule has 2 aromatic rings. The Morgan fingerprint density at radius 1 is 1.31 bits per heavy atom. The minimum Gasteiger partial charge on any atom is -0.496 e. The van der Waals surface area contributed by atoms with Crippen LogP contribution in [0.4, 0.5) is 0 Å². The lowest BCUT2D eigenvalue weighted by molar-refractivity contribution is -0.129. The van der Waals surface area contributed by atoms with Crippen molar-refractivity contribution in [3.63, 3.8) is 0 Å². The second-order valence-corrected chi connectivity index (χ2v) is 9.95. The van der Waals surface area contributed by atoms with E-state index >= 15 is 0 Å². The van der Waals surface area contributed by atoms with Crippen LogP contribution in [0.3, 0.4) is 0 Å². The number of para-hydroxylation sites is 1. The van der Waals surface area contributed by atoms with Crippen LogP contribution in [-0.2, 0) is 21.2 Å². The summed E-state index contributed by atoms with van der Waals surface area (Å²) >= 11 is 1.32. The lowest BCUT2D eigenvalue weighted by atomic mass is 10.2. The fraction of sp³-hybridized carbons (Fsp3) is 0.526. The third-order valence-electron chi connectivity index (χ3n) is 5.02. The Kier molecular flexibility index (Phi) is 6.84. The monoisotopic (exact) mass is 438 g/mol. The molecule has 8 nitrogen and oxygen atoms in total. The summed E-state index contributed by atoms with van der Waals surface area (Å²) in [4.78, 5) is 14.4. The van der Waals surface area contributed by atoms with E-state index in [-0.39, 0.29) is 29.2 Å². The Hall–Kier alpha value is -2.07. The third kappa shape index (κ3) is 4.75. The number of benzene rings is 1. The molecule has 1 unspecified atom stereocenters. The molecule has 1 atom stereocenters. The molecule has 1 aliphatic rings. The molecule has 0 aliphatic carbocycles. The van der Waals surface area contributed by atoms with Crippen molar-refractivity contribution in [2.24, 2.45) is 0 Å². The second-order valence-electron chi connectivity index (χ2n) is 6.78. The van der Waals surface area contributed by atoms with Crippen LogP contribution < -0.4 is 4.74 Å². The molecule has 0 spiro atoms. The normalized spacial score (nSPS) is 18.0. The number of ether oxygens (including phenoxy) is 1. The predicted molar refractivity (Wildman–Crippen MR) is 113 cm³/mol. The molecule has 2 heterocycles. The van der Waals surface area contributed by atoms with Gasteiger partial charge in [0.15, 0.2) is 20.8 Å². The molecule has 1 saturated heterocycles. The first-order valence-electron chi connectivity index (χ1n) is 9.59. The molecule has 0 N–H and O–H groups in total. The maximum Gasteiger partial charge on any atom is 0.233 e. The molecule has 1 aliphatic heterocycles. The van der Waals surface area contributed by atoms with Crippen LogP contribution in [0.5, 0.6) is 5.75 Å². The Balaban J connectivity index is 1.74. The van der Waals surface area contributed by atoms with E-state index < -0.39 is 9.84 Å². The van der Waals surface area contributed by atoms with Crippen LogP contribution >= 0.6 is 11.8 Å². The Morgan fingerprint density at radius 3 is 2.69 bits per heavy atom. The summed E-state index contributed by atoms with van der Waals surface area (Å²) in [6, 6.07) is 7.37. The number of carbonyl (C=O) groups excluding carboxylic acids is 1. The summed E-state index contributed by atoms with van der Waals surface area (Å²) in [6.07, 6.45) is 0.510. The minimum atomic E-state index is -3.03. The van der Waals surface area contributed by atoms with Gasteiger partial charge in [-0.05, 0) is 32.4 Å². The van der Waals surface area contributed by atoms with Crippen LogP contribution in [0.15, 0.2) is 29.4 Å². The van der Waals surface area contributed by atoms with Gasteiger partial charge in [0.2, 0.25) is 5.91 Å². The summed E-state index contributed by atoms with van der Waals surface area (Å²) in [6.45, 7) is 5.01. The fourth-order valence-corrected chi connectivity index (χ4v) is 6.20. The summed E-state index contributed by atoms with van der Waals surface area (Å²) < 4.78 is 30.9. The van der Waals surface area contributed by atoms with Gasteiger partial charge in [0, 0.05) is 19.1 Å². The van der Waals surface area contributed by atoms with Gasteiger partial charge in [-0.25, -0.2) is 8.42 Å². The van der Waals surface area contributed by atoms with E-state index in [1.807, 2.05) is 42.7 Å². The van der Waals surface area contributed by atoms with Crippen molar-refractivity contribution in [2.45, 2.75) is 38.0 Å². The van der Waals surface area contributed by atoms with Crippen molar-refractivity contribution >= 4 is 27.5 Å². The van der Waals surface area contributed by atoms with Crippen molar-refractivity contribution in [2.75, 3.05) is 30.9 Å². The van der Waals surface area contributed by atoms with Gasteiger partial charge in [-0.3, -0.25) is 4.79 Å². The first-order chi connectivity index (χ1) is 13.9. The van der Waals surface area contributed by atoms with Crippen molar-refractivity contribution < 1.29 is 17.9 Å². The highest BCUT2D eigenvalue weighted by atomic mass is 32.2. The first kappa shape index (κ1) is 21.6. The zero-order valence-corrected chi connectivity index (χ0v) is 18.5. The predicted octanol–water partition coefficient (Wildman–Crippen LogP) is 2.10. The lowest BCUT2D eigenvalue weighted by Gasteiger charge is -2.26. The molecule has 1 fully saturated rings. The Labute approximate surface area is 175 Å². The number of methoxy groups -OCH3 is 1. The third-order valence-corrected chi connectivity index (χ3v) is 7.72. The van der Waals surface area contributed by atoms with Crippen LogP contribution in [0.2, 0.25) is 0 Å². The molecule has 1 aromatic heterocycles. The van der Waals surface area contributed by atoms with Gasteiger partial charge in [-0.1, -0.05) is 23.9 Å². The summed E-state index contributed by atoms with van der Waals surface area (Å²) in [5, 5.41) is 9.23. The van der Waals surface area contributed by atoms with Crippen LogP contribution in [0.1, 0.15) is 20.3 Å². The standard InChI is InChI=1S/C19H26N4O4S2/c1-4-22(14-10-11-29(25,26)13-14)17(24)12-28-19-21-20-18(23(19)5-2)15-8-6-7-9-16(15)27-3/h6-9,14H,4-5,10-13H2,1-3H3. The van der Waals surface area contributed by atoms with Gasteiger partial charge < -0.3 is 14.2 Å². The molecule has 0 saturated carbocycles. The SMILES string of the molecule is CCN(C(=O)CSc1nnc(-c2ccccc2OC)n1CC)C1CCS(=O)(=O)C1. The highest BCUT2D eigenvalue weighted by molar-refractivity contribution is 7.99. The number of sulfone groups is 1. The van der Waals surface area contributed by atoms with Gasteiger partial charge in [-0.2, -0.15) is 0 Å². The summed E-state index contributed by atoms with van der Waals surface area (Å²) in [5.41, 5.74) is 0.842. The number of amides is 1. The molecule has 0 radical (unpaired) electrons. The van der Waals surface area contributed by atoms with Crippen LogP contribution in [0.25, 0.3) is 11.4 Å². The molecule has 1 aromatic carbocycles. The fourth-order valence-electron chi connectivity index (χ4n) is 3.58. The highest BCUT2D eigenvalue weighted by Gasteiger charge is 2.34. The van der Waals surface area contributed by atoms with E-state index in [1.54, 1.807) is 12.0 Å². The van der Waals surface area contributed by atoms with Crippen LogP contribution in [-0.4, -0.2) is 70.9 Å². The zero-order valence-electron chi connectivity index (χ0n) is 16.9. The average molecular weight is 439 g/mol. The largest absolute Gasteiger partial charge is 0.496 e. The van der Waals surface area contributed by atoms with Gasteiger partial charge >= 0.3 is 0 Å². The number of hydrogen-bond donors (Lipinski definition) is 0. The maximum absolute atomic E-state index is 12.8. The number of carbonyl (C=O) groups is 1. The second kappa shape index (κ2) is 9.17. The van der Waals surface area contributed by atoms with Crippen LogP contribution in [0, 0.1) is 0 Å². The van der Waals surface area contributed by atoms with E-state index in [0.717, 1.165) is 5.56 Å². The molecular formula is C19H26N4O4S2. The van der Waals surface area contributed by atoms with Crippen molar-refractivity contribution in [1.82, 2.24) is 19.7 Å². The van der Waals surface area contributed by atoms with Gasteiger partial charge in [-0.15, -0.1) is 10.2 Å². The van der Waals surface area contributed by atoms with E-state index in [0.29, 0.717) is 36.2 Å². The average Bonchev–Trinajstić information content (AvgIpc) is 3.29. The Bertz CT molecular complexity index is 974. The first-order valence-corrected chi connectivity index (χ1v) is 12.4. The maximum atomic E-state index is 12.8. The van der Waals surface area contributed by atoms with Gasteiger partial charge in [0.25, 0.3) is 0 Å². The van der Waals surface area contributed by atoms with E-state index in [9.17, 15) is 13.2 Å². The topological polar surface area (TPSA) is 94.4 Å². The van der Waals surface area contributed by atoms with Gasteiger partial charge in [0.05, 0.1) is 29.9 Å². The van der Waals surface area contributed by atoms with E-state index in [2.05, 4.69) is 10.2 Å². The molecule has 29 heavy (non-hydrogen) atoms. The smallest absolute Gasteiger partial charge is 0.233 e. The number of rotatable bonds is 8. The lowest BCUT2D eigenvalue weighted by Crippen LogP contribution is -2.42. The summed E-state index contributed by atoms with van der Waals surface area (Å²) in [7, 11) is -1.42. The molecular weight excluding hydrogens is 412 g/mol. The zero-order chi connectivity index (χ0) is 21.0. The quantitative estimate of drug-likeness (QED) is 0.583. The van der Waals surface area contributed by atoms with Crippen molar-refractivity contribution in [3.05, 3.63) is 24.3 Å². The number of aromatic nitrogens is 3. The minimum absolute atomic E-state index is 0.0559. The van der Waals surface area contributed by atoms with E-state index in [1.165, 1.54) is 11.8 Å². The highest BCUT2D eigenvalue weighted by Crippen LogP contribution is 2.31. The molecule has 3 rings (SSSR count).